The molecule has 47 heavy (non-hydrogen) atoms. The van der Waals surface area contributed by atoms with Crippen LogP contribution in [0.5, 0.6) is 0 Å². The molecule has 0 saturated heterocycles. The van der Waals surface area contributed by atoms with Gasteiger partial charge in [0, 0.05) is 46.0 Å². The van der Waals surface area contributed by atoms with E-state index in [0.29, 0.717) is 5.92 Å². The number of nitrogens with zero attached hydrogens (tertiary/aromatic N) is 2. The smallest absolute Gasteiger partial charge is 0.120 e. The third-order valence-corrected chi connectivity index (χ3v) is 12.8. The summed E-state index contributed by atoms with van der Waals surface area (Å²) in [5, 5.41) is 3.92. The largest absolute Gasteiger partial charge is 0.501 e. The van der Waals surface area contributed by atoms with E-state index in [2.05, 4.69) is 85.3 Å². The Morgan fingerprint density at radius 2 is 1.53 bits per heavy atom. The van der Waals surface area contributed by atoms with Crippen molar-refractivity contribution in [1.29, 1.82) is 0 Å². The minimum Gasteiger partial charge on any atom is -0.501 e. The van der Waals surface area contributed by atoms with Gasteiger partial charge in [-0.15, -0.1) is 53.2 Å². The Bertz CT molecular complexity index is 1980. The molecule has 3 nitrogen and oxygen atoms in total. The standard InChI is InChI=1S/C30H32NOSi.C12H10N.Ir/c1-33(2,3)27-9-8-23(30-29(27)24-6-4-5-7-26(24)32-30)25-17-20(10-11-31-25)28-21-13-18-12-19(15-21)16-22(28)14-18;1-10-7-8-12(13-9-10)11-5-3-2-4-6-11;/h4-7,9-11,17-19,21-22,28H,12-16H2,1-3H3;2-5,7-9H,1H3;/q2*-1;. The van der Waals surface area contributed by atoms with Crippen LogP contribution in [0.15, 0.2) is 95.7 Å². The molecule has 241 valence electrons. The Hall–Kier alpha value is -3.37. The molecular weight excluding hydrogens is 769 g/mol. The first-order valence-electron chi connectivity index (χ1n) is 17.0. The number of aryl methyl sites for hydroxylation is 1. The van der Waals surface area contributed by atoms with Gasteiger partial charge in [0.25, 0.3) is 0 Å². The molecule has 4 aliphatic rings. The zero-order valence-electron chi connectivity index (χ0n) is 27.7. The molecule has 0 unspecified atom stereocenters. The van der Waals surface area contributed by atoms with Crippen molar-refractivity contribution in [1.82, 2.24) is 9.97 Å². The molecule has 1 radical (unpaired) electrons. The van der Waals surface area contributed by atoms with Crippen LogP contribution in [0, 0.1) is 42.7 Å². The number of hydrogen-bond acceptors (Lipinski definition) is 3. The van der Waals surface area contributed by atoms with Gasteiger partial charge in [-0.1, -0.05) is 67.0 Å². The molecule has 0 aliphatic heterocycles. The van der Waals surface area contributed by atoms with Crippen LogP contribution in [0.25, 0.3) is 44.5 Å². The first kappa shape index (κ1) is 32.2. The van der Waals surface area contributed by atoms with Crippen LogP contribution in [0.2, 0.25) is 19.6 Å². The Morgan fingerprint density at radius 3 is 2.21 bits per heavy atom. The van der Waals surface area contributed by atoms with E-state index in [9.17, 15) is 0 Å². The molecule has 0 spiro atoms. The van der Waals surface area contributed by atoms with Gasteiger partial charge < -0.3 is 14.4 Å². The predicted octanol–water partition coefficient (Wildman–Crippen LogP) is 10.4. The van der Waals surface area contributed by atoms with Gasteiger partial charge in [-0.25, -0.2) is 0 Å². The summed E-state index contributed by atoms with van der Waals surface area (Å²) in [6, 6.07) is 34.1. The Morgan fingerprint density at radius 1 is 0.787 bits per heavy atom. The molecule has 3 aromatic carbocycles. The van der Waals surface area contributed by atoms with Gasteiger partial charge in [-0.3, -0.25) is 0 Å². The SMILES string of the molecule is C[Si](C)(C)c1c[c-]c(-c2cc(C3C4CC5CC(C4)CC3C5)ccn2)c2oc3ccccc3c12.Cc1ccc(-c2[c-]cccc2)nc1.[Ir]. The fourth-order valence-corrected chi connectivity index (χ4v) is 10.5. The summed E-state index contributed by atoms with van der Waals surface area (Å²) >= 11 is 0. The summed E-state index contributed by atoms with van der Waals surface area (Å²) in [7, 11) is -1.57. The van der Waals surface area contributed by atoms with Gasteiger partial charge in [0.05, 0.1) is 5.58 Å². The molecule has 4 aliphatic carbocycles. The van der Waals surface area contributed by atoms with Crippen LogP contribution in [-0.4, -0.2) is 18.0 Å². The monoisotopic (exact) mass is 811 g/mol. The molecular formula is C42H42IrN2OSi-2. The molecule has 3 aromatic heterocycles. The molecule has 10 rings (SSSR count). The van der Waals surface area contributed by atoms with Crippen LogP contribution < -0.4 is 5.19 Å². The molecule has 6 aromatic rings. The Kier molecular flexibility index (Phi) is 8.84. The summed E-state index contributed by atoms with van der Waals surface area (Å²) in [6.07, 6.45) is 11.2. The zero-order valence-corrected chi connectivity index (χ0v) is 31.1. The topological polar surface area (TPSA) is 38.9 Å². The second kappa shape index (κ2) is 12.9. The molecule has 0 N–H and O–H groups in total. The van der Waals surface area contributed by atoms with Crippen LogP contribution in [0.1, 0.15) is 49.1 Å². The normalized spacial score (nSPS) is 22.9. The third-order valence-electron chi connectivity index (χ3n) is 10.8. The molecule has 5 heteroatoms. The van der Waals surface area contributed by atoms with E-state index in [4.69, 9.17) is 9.40 Å². The second-order valence-electron chi connectivity index (χ2n) is 15.1. The average Bonchev–Trinajstić information content (AvgIpc) is 3.44. The quantitative estimate of drug-likeness (QED) is 0.132. The molecule has 3 heterocycles. The maximum absolute atomic E-state index is 6.50. The van der Waals surface area contributed by atoms with E-state index in [1.165, 1.54) is 59.2 Å². The zero-order chi connectivity index (χ0) is 31.4. The van der Waals surface area contributed by atoms with Gasteiger partial charge in [-0.05, 0) is 103 Å². The summed E-state index contributed by atoms with van der Waals surface area (Å²) < 4.78 is 6.50. The van der Waals surface area contributed by atoms with Gasteiger partial charge in [-0.2, -0.15) is 0 Å². The first-order chi connectivity index (χ1) is 22.3. The summed E-state index contributed by atoms with van der Waals surface area (Å²) in [5.41, 5.74) is 8.67. The fourth-order valence-electron chi connectivity index (χ4n) is 8.99. The van der Waals surface area contributed by atoms with Crippen LogP contribution in [-0.2, 0) is 20.1 Å². The Labute approximate surface area is 293 Å². The van der Waals surface area contributed by atoms with Crippen molar-refractivity contribution in [2.75, 3.05) is 0 Å². The van der Waals surface area contributed by atoms with Crippen molar-refractivity contribution in [3.63, 3.8) is 0 Å². The average molecular weight is 811 g/mol. The van der Waals surface area contributed by atoms with E-state index in [0.717, 1.165) is 57.4 Å². The minimum atomic E-state index is -1.57. The van der Waals surface area contributed by atoms with Crippen molar-refractivity contribution >= 4 is 35.2 Å². The number of aromatic nitrogens is 2. The number of hydrogen-bond donors (Lipinski definition) is 0. The summed E-state index contributed by atoms with van der Waals surface area (Å²) in [6.45, 7) is 9.25. The van der Waals surface area contributed by atoms with E-state index in [1.54, 1.807) is 0 Å². The van der Waals surface area contributed by atoms with E-state index >= 15 is 0 Å². The van der Waals surface area contributed by atoms with Crippen molar-refractivity contribution < 1.29 is 24.5 Å². The number of fused-ring (bicyclic) bond motifs is 3. The van der Waals surface area contributed by atoms with E-state index < -0.39 is 8.07 Å². The Balaban J connectivity index is 0.000000212. The molecule has 0 atom stereocenters. The van der Waals surface area contributed by atoms with Crippen LogP contribution in [0.4, 0.5) is 0 Å². The fraction of sp³-hybridized carbons (Fsp3) is 0.333. The van der Waals surface area contributed by atoms with Crippen molar-refractivity contribution in [2.24, 2.45) is 23.7 Å². The van der Waals surface area contributed by atoms with E-state index in [-0.39, 0.29) is 20.1 Å². The van der Waals surface area contributed by atoms with Gasteiger partial charge in [0.15, 0.2) is 0 Å². The van der Waals surface area contributed by atoms with Gasteiger partial charge in [0.2, 0.25) is 0 Å². The minimum absolute atomic E-state index is 0. The first-order valence-corrected chi connectivity index (χ1v) is 20.5. The molecule has 4 fully saturated rings. The number of furan rings is 1. The number of para-hydroxylation sites is 1. The number of benzene rings is 3. The van der Waals surface area contributed by atoms with Crippen molar-refractivity contribution in [3.8, 4) is 22.5 Å². The molecule has 4 bridgehead atoms. The van der Waals surface area contributed by atoms with Crippen molar-refractivity contribution in [2.45, 2.75) is 64.6 Å². The summed E-state index contributed by atoms with van der Waals surface area (Å²) in [5.74, 6) is 4.47. The van der Waals surface area contributed by atoms with Gasteiger partial charge in [0.1, 0.15) is 5.58 Å². The second-order valence-corrected chi connectivity index (χ2v) is 20.1. The van der Waals surface area contributed by atoms with Crippen LogP contribution >= 0.6 is 0 Å². The number of rotatable bonds is 4. The summed E-state index contributed by atoms with van der Waals surface area (Å²) in [4.78, 5) is 9.17. The predicted molar refractivity (Wildman–Crippen MR) is 192 cm³/mol. The third kappa shape index (κ3) is 6.19. The van der Waals surface area contributed by atoms with Crippen LogP contribution in [0.3, 0.4) is 0 Å². The molecule has 0 amide bonds. The molecule has 4 saturated carbocycles. The van der Waals surface area contributed by atoms with Gasteiger partial charge >= 0.3 is 0 Å². The van der Waals surface area contributed by atoms with E-state index in [1.807, 2.05) is 49.6 Å². The maximum Gasteiger partial charge on any atom is 0.120 e. The number of pyridine rings is 2. The maximum atomic E-state index is 6.50. The van der Waals surface area contributed by atoms with Crippen molar-refractivity contribution in [3.05, 3.63) is 115 Å².